The summed E-state index contributed by atoms with van der Waals surface area (Å²) in [5, 5.41) is 5.37. The molecule has 0 spiro atoms. The molecule has 0 atom stereocenters. The molecule has 0 aliphatic rings. The lowest BCUT2D eigenvalue weighted by molar-refractivity contribution is -0.116. The first-order chi connectivity index (χ1) is 13.8. The van der Waals surface area contributed by atoms with E-state index in [1.54, 1.807) is 24.1 Å². The number of nitrogens with zero attached hydrogens (tertiary/aromatic N) is 2. The zero-order chi connectivity index (χ0) is 21.4. The minimum Gasteiger partial charge on any atom is -0.370 e. The van der Waals surface area contributed by atoms with Crippen molar-refractivity contribution in [3.63, 3.8) is 0 Å². The molecule has 29 heavy (non-hydrogen) atoms. The third-order valence-electron chi connectivity index (χ3n) is 4.62. The highest BCUT2D eigenvalue weighted by Gasteiger charge is 2.13. The topological polar surface area (TPSA) is 64.7 Å². The summed E-state index contributed by atoms with van der Waals surface area (Å²) in [5.41, 5.74) is 1.89. The van der Waals surface area contributed by atoms with E-state index in [0.29, 0.717) is 17.9 Å². The van der Waals surface area contributed by atoms with Crippen LogP contribution < -0.4 is 15.5 Å². The van der Waals surface area contributed by atoms with Crippen molar-refractivity contribution in [3.8, 4) is 0 Å². The Morgan fingerprint density at radius 3 is 2.38 bits per heavy atom. The summed E-state index contributed by atoms with van der Waals surface area (Å²) in [4.78, 5) is 27.6. The van der Waals surface area contributed by atoms with E-state index in [2.05, 4.69) is 10.6 Å². The summed E-state index contributed by atoms with van der Waals surface area (Å²) < 4.78 is 14.3. The Labute approximate surface area is 171 Å². The Kier molecular flexibility index (Phi) is 8.00. The van der Waals surface area contributed by atoms with E-state index < -0.39 is 5.82 Å². The molecule has 7 heteroatoms. The van der Waals surface area contributed by atoms with Crippen LogP contribution in [0.4, 0.5) is 20.6 Å². The maximum Gasteiger partial charge on any atom is 0.317 e. The second-order valence-electron chi connectivity index (χ2n) is 7.24. The lowest BCUT2D eigenvalue weighted by atomic mass is 10.2. The highest BCUT2D eigenvalue weighted by atomic mass is 19.1. The molecule has 2 aromatic rings. The van der Waals surface area contributed by atoms with Gasteiger partial charge in [0.2, 0.25) is 5.91 Å². The third-order valence-corrected chi connectivity index (χ3v) is 4.62. The van der Waals surface area contributed by atoms with Gasteiger partial charge in [-0.05, 0) is 37.6 Å². The molecule has 0 saturated carbocycles. The lowest BCUT2D eigenvalue weighted by Crippen LogP contribution is -2.38. The van der Waals surface area contributed by atoms with Gasteiger partial charge in [0.1, 0.15) is 5.82 Å². The fraction of sp³-hybridized carbons (Fsp3) is 0.364. The van der Waals surface area contributed by atoms with E-state index in [4.69, 9.17) is 0 Å². The van der Waals surface area contributed by atoms with Crippen LogP contribution in [0.2, 0.25) is 0 Å². The van der Waals surface area contributed by atoms with Crippen LogP contribution in [-0.2, 0) is 11.3 Å². The zero-order valence-electron chi connectivity index (χ0n) is 17.4. The van der Waals surface area contributed by atoms with Gasteiger partial charge in [-0.1, -0.05) is 30.3 Å². The predicted octanol–water partition coefficient (Wildman–Crippen LogP) is 3.84. The Bertz CT molecular complexity index is 827. The van der Waals surface area contributed by atoms with Crippen molar-refractivity contribution in [2.24, 2.45) is 0 Å². The largest absolute Gasteiger partial charge is 0.370 e. The summed E-state index contributed by atoms with van der Waals surface area (Å²) in [6.45, 7) is 4.62. The molecule has 2 aromatic carbocycles. The van der Waals surface area contributed by atoms with Gasteiger partial charge in [-0.25, -0.2) is 9.18 Å². The van der Waals surface area contributed by atoms with Crippen molar-refractivity contribution < 1.29 is 14.0 Å². The number of nitrogens with one attached hydrogen (secondary N) is 2. The molecule has 156 valence electrons. The Hall–Kier alpha value is -3.09. The third kappa shape index (κ3) is 6.78. The Morgan fingerprint density at radius 1 is 1.07 bits per heavy atom. The van der Waals surface area contributed by atoms with Crippen LogP contribution >= 0.6 is 0 Å². The number of hydrogen-bond donors (Lipinski definition) is 2. The molecule has 3 amide bonds. The predicted molar refractivity (Wildman–Crippen MR) is 114 cm³/mol. The van der Waals surface area contributed by atoms with Gasteiger partial charge in [0.05, 0.1) is 5.69 Å². The van der Waals surface area contributed by atoms with E-state index in [-0.39, 0.29) is 30.9 Å². The van der Waals surface area contributed by atoms with Crippen molar-refractivity contribution in [1.29, 1.82) is 0 Å². The van der Waals surface area contributed by atoms with Gasteiger partial charge in [0.15, 0.2) is 0 Å². The van der Waals surface area contributed by atoms with Gasteiger partial charge in [0.25, 0.3) is 0 Å². The average Bonchev–Trinajstić information content (AvgIpc) is 2.68. The number of carbonyl (C=O) groups is 2. The van der Waals surface area contributed by atoms with Gasteiger partial charge in [-0.2, -0.15) is 0 Å². The normalized spacial score (nSPS) is 10.6. The summed E-state index contributed by atoms with van der Waals surface area (Å²) >= 11 is 0. The van der Waals surface area contributed by atoms with Crippen molar-refractivity contribution in [3.05, 3.63) is 59.9 Å². The van der Waals surface area contributed by atoms with Crippen LogP contribution in [0, 0.1) is 5.82 Å². The molecular weight excluding hydrogens is 371 g/mol. The average molecular weight is 400 g/mol. The van der Waals surface area contributed by atoms with E-state index >= 15 is 0 Å². The molecule has 0 saturated heterocycles. The van der Waals surface area contributed by atoms with Gasteiger partial charge in [0, 0.05) is 45.3 Å². The number of amides is 3. The molecule has 0 bridgehead atoms. The fourth-order valence-corrected chi connectivity index (χ4v) is 2.72. The molecular formula is C22H29FN4O2. The molecule has 0 aromatic heterocycles. The van der Waals surface area contributed by atoms with Gasteiger partial charge < -0.3 is 20.4 Å². The first kappa shape index (κ1) is 22.2. The van der Waals surface area contributed by atoms with E-state index in [0.717, 1.165) is 5.56 Å². The maximum atomic E-state index is 14.3. The molecule has 2 rings (SSSR count). The van der Waals surface area contributed by atoms with E-state index in [1.165, 1.54) is 6.07 Å². The van der Waals surface area contributed by atoms with Crippen LogP contribution in [0.3, 0.4) is 0 Å². The second kappa shape index (κ2) is 10.5. The first-order valence-corrected chi connectivity index (χ1v) is 9.63. The van der Waals surface area contributed by atoms with Gasteiger partial charge >= 0.3 is 6.03 Å². The van der Waals surface area contributed by atoms with E-state index in [1.807, 2.05) is 56.1 Å². The fourth-order valence-electron chi connectivity index (χ4n) is 2.72. The standard InChI is InChI=1S/C22H29FN4O2/c1-16(2)27(4)20-11-10-18(14-19(20)23)25-21(28)12-13-24-22(29)26(3)15-17-8-6-5-7-9-17/h5-11,14,16H,12-13,15H2,1-4H3,(H,24,29)(H,25,28). The monoisotopic (exact) mass is 400 g/mol. The number of urea groups is 1. The molecule has 0 aliphatic heterocycles. The van der Waals surface area contributed by atoms with Crippen LogP contribution in [0.1, 0.15) is 25.8 Å². The summed E-state index contributed by atoms with van der Waals surface area (Å²) in [6, 6.07) is 14.2. The minimum atomic E-state index is -0.394. The molecule has 0 heterocycles. The SMILES string of the molecule is CC(C)N(C)c1ccc(NC(=O)CCNC(=O)N(C)Cc2ccccc2)cc1F. The van der Waals surface area contributed by atoms with Gasteiger partial charge in [-0.3, -0.25) is 4.79 Å². The molecule has 0 unspecified atom stereocenters. The first-order valence-electron chi connectivity index (χ1n) is 9.63. The summed E-state index contributed by atoms with van der Waals surface area (Å²) in [7, 11) is 3.51. The van der Waals surface area contributed by atoms with Crippen LogP contribution in [0.5, 0.6) is 0 Å². The van der Waals surface area contributed by atoms with Crippen LogP contribution in [-0.4, -0.2) is 43.5 Å². The number of rotatable bonds is 8. The molecule has 0 radical (unpaired) electrons. The zero-order valence-corrected chi connectivity index (χ0v) is 17.4. The molecule has 0 fully saturated rings. The Balaban J connectivity index is 1.78. The number of carbonyl (C=O) groups excluding carboxylic acids is 2. The second-order valence-corrected chi connectivity index (χ2v) is 7.24. The van der Waals surface area contributed by atoms with Crippen LogP contribution in [0.25, 0.3) is 0 Å². The smallest absolute Gasteiger partial charge is 0.317 e. The quantitative estimate of drug-likeness (QED) is 0.708. The lowest BCUT2D eigenvalue weighted by Gasteiger charge is -2.24. The van der Waals surface area contributed by atoms with E-state index in [9.17, 15) is 14.0 Å². The minimum absolute atomic E-state index is 0.0974. The number of benzene rings is 2. The van der Waals surface area contributed by atoms with Crippen LogP contribution in [0.15, 0.2) is 48.5 Å². The molecule has 0 aliphatic carbocycles. The summed E-state index contributed by atoms with van der Waals surface area (Å²) in [6.07, 6.45) is 0.0974. The number of anilines is 2. The summed E-state index contributed by atoms with van der Waals surface area (Å²) in [5.74, 6) is -0.685. The molecule has 2 N–H and O–H groups in total. The Morgan fingerprint density at radius 2 is 1.76 bits per heavy atom. The number of halogens is 1. The highest BCUT2D eigenvalue weighted by Crippen LogP contribution is 2.23. The maximum absolute atomic E-state index is 14.3. The van der Waals surface area contributed by atoms with Crippen molar-refractivity contribution in [1.82, 2.24) is 10.2 Å². The number of hydrogen-bond acceptors (Lipinski definition) is 3. The van der Waals surface area contributed by atoms with Crippen molar-refractivity contribution in [2.75, 3.05) is 30.9 Å². The van der Waals surface area contributed by atoms with Crippen molar-refractivity contribution in [2.45, 2.75) is 32.9 Å². The van der Waals surface area contributed by atoms with Crippen molar-refractivity contribution >= 4 is 23.3 Å². The molecule has 6 nitrogen and oxygen atoms in total. The highest BCUT2D eigenvalue weighted by molar-refractivity contribution is 5.91. The van der Waals surface area contributed by atoms with Gasteiger partial charge in [-0.15, -0.1) is 0 Å².